The molecule has 1 aromatic rings. The maximum atomic E-state index is 12.8. The van der Waals surface area contributed by atoms with Gasteiger partial charge in [-0.25, -0.2) is 4.79 Å². The molecule has 6 nitrogen and oxygen atoms in total. The van der Waals surface area contributed by atoms with E-state index in [-0.39, 0.29) is 18.4 Å². The summed E-state index contributed by atoms with van der Waals surface area (Å²) in [5.41, 5.74) is -0.0123. The summed E-state index contributed by atoms with van der Waals surface area (Å²) in [4.78, 5) is 40.2. The largest absolute Gasteiger partial charge is 0.445 e. The molecule has 0 radical (unpaired) electrons. The Morgan fingerprint density at radius 3 is 2.46 bits per heavy atom. The molecule has 1 heterocycles. The predicted octanol–water partition coefficient (Wildman–Crippen LogP) is 1.48. The lowest BCUT2D eigenvalue weighted by atomic mass is 9.89. The molecule has 0 aromatic heterocycles. The van der Waals surface area contributed by atoms with Gasteiger partial charge in [-0.2, -0.15) is 0 Å². The molecule has 6 heteroatoms. The average molecular weight is 332 g/mol. The van der Waals surface area contributed by atoms with Crippen LogP contribution < -0.4 is 0 Å². The van der Waals surface area contributed by atoms with Crippen LogP contribution >= 0.6 is 0 Å². The van der Waals surface area contributed by atoms with Crippen molar-refractivity contribution in [2.24, 2.45) is 0 Å². The first kappa shape index (κ1) is 18.0. The number of hydrogen-bond acceptors (Lipinski definition) is 4. The summed E-state index contributed by atoms with van der Waals surface area (Å²) in [5.74, 6) is -0.996. The highest BCUT2D eigenvalue weighted by atomic mass is 16.6. The van der Waals surface area contributed by atoms with Gasteiger partial charge in [0.15, 0.2) is 5.60 Å². The van der Waals surface area contributed by atoms with Crippen LogP contribution in [-0.4, -0.2) is 59.9 Å². The van der Waals surface area contributed by atoms with Gasteiger partial charge in [-0.05, 0) is 32.4 Å². The van der Waals surface area contributed by atoms with E-state index in [0.29, 0.717) is 25.1 Å². The molecule has 1 aliphatic rings. The number of amides is 2. The molecule has 0 fully saturated rings. The molecule has 24 heavy (non-hydrogen) atoms. The quantitative estimate of drug-likeness (QED) is 0.766. The standard InChI is InChI=1S/C18H24N2O4/c1-5-20(6-2)15(21)12-19(4)17(23)18(3)11-13-9-7-8-10-14(13)16(22)24-18/h7-10H,5-6,11-12H2,1-4H3. The van der Waals surface area contributed by atoms with Crippen LogP contribution in [0.25, 0.3) is 0 Å². The van der Waals surface area contributed by atoms with Gasteiger partial charge in [-0.3, -0.25) is 9.59 Å². The van der Waals surface area contributed by atoms with Gasteiger partial charge in [0, 0.05) is 26.6 Å². The van der Waals surface area contributed by atoms with Gasteiger partial charge in [0.1, 0.15) is 0 Å². The van der Waals surface area contributed by atoms with Gasteiger partial charge in [0.25, 0.3) is 5.91 Å². The van der Waals surface area contributed by atoms with Crippen LogP contribution in [0.5, 0.6) is 0 Å². The second kappa shape index (κ2) is 7.03. The zero-order chi connectivity index (χ0) is 17.9. The van der Waals surface area contributed by atoms with Crippen molar-refractivity contribution in [2.75, 3.05) is 26.7 Å². The zero-order valence-corrected chi connectivity index (χ0v) is 14.7. The van der Waals surface area contributed by atoms with Crippen LogP contribution in [0.15, 0.2) is 24.3 Å². The molecule has 1 atom stereocenters. The Kier molecular flexibility index (Phi) is 5.26. The molecule has 2 amide bonds. The Hall–Kier alpha value is -2.37. The highest BCUT2D eigenvalue weighted by molar-refractivity contribution is 5.98. The van der Waals surface area contributed by atoms with Gasteiger partial charge in [0.05, 0.1) is 12.1 Å². The molecule has 2 rings (SSSR count). The first-order valence-electron chi connectivity index (χ1n) is 8.17. The van der Waals surface area contributed by atoms with Crippen molar-refractivity contribution < 1.29 is 19.1 Å². The normalized spacial score (nSPS) is 19.2. The molecular formula is C18H24N2O4. The maximum absolute atomic E-state index is 12.8. The lowest BCUT2D eigenvalue weighted by molar-refractivity contribution is -0.152. The lowest BCUT2D eigenvalue weighted by Crippen LogP contribution is -2.54. The molecule has 130 valence electrons. The molecule has 0 aliphatic carbocycles. The first-order valence-corrected chi connectivity index (χ1v) is 8.17. The van der Waals surface area contributed by atoms with E-state index in [0.717, 1.165) is 5.56 Å². The second-order valence-electron chi connectivity index (χ2n) is 6.18. The Morgan fingerprint density at radius 1 is 1.21 bits per heavy atom. The minimum atomic E-state index is -1.29. The van der Waals surface area contributed by atoms with Crippen LogP contribution in [0.4, 0.5) is 0 Å². The molecule has 0 bridgehead atoms. The first-order chi connectivity index (χ1) is 11.3. The third-order valence-electron chi connectivity index (χ3n) is 4.37. The van der Waals surface area contributed by atoms with Crippen LogP contribution in [0.1, 0.15) is 36.7 Å². The van der Waals surface area contributed by atoms with Crippen LogP contribution in [0, 0.1) is 0 Å². The van der Waals surface area contributed by atoms with E-state index < -0.39 is 11.6 Å². The van der Waals surface area contributed by atoms with E-state index >= 15 is 0 Å². The van der Waals surface area contributed by atoms with E-state index in [1.807, 2.05) is 26.0 Å². The Bertz CT molecular complexity index is 654. The molecule has 0 spiro atoms. The molecule has 1 unspecified atom stereocenters. The SMILES string of the molecule is CCN(CC)C(=O)CN(C)C(=O)C1(C)Cc2ccccc2C(=O)O1. The molecular weight excluding hydrogens is 308 g/mol. The maximum Gasteiger partial charge on any atom is 0.339 e. The van der Waals surface area contributed by atoms with Gasteiger partial charge < -0.3 is 14.5 Å². The molecule has 0 N–H and O–H groups in total. The number of carbonyl (C=O) groups is 3. The van der Waals surface area contributed by atoms with Crippen molar-refractivity contribution in [3.8, 4) is 0 Å². The summed E-state index contributed by atoms with van der Waals surface area (Å²) in [6, 6.07) is 7.10. The molecule has 0 saturated heterocycles. The Morgan fingerprint density at radius 2 is 1.83 bits per heavy atom. The smallest absolute Gasteiger partial charge is 0.339 e. The summed E-state index contributed by atoms with van der Waals surface area (Å²) >= 11 is 0. The van der Waals surface area contributed by atoms with Crippen LogP contribution in [-0.2, 0) is 20.7 Å². The van der Waals surface area contributed by atoms with Gasteiger partial charge >= 0.3 is 5.97 Å². The van der Waals surface area contributed by atoms with Crippen molar-refractivity contribution in [1.82, 2.24) is 9.80 Å². The van der Waals surface area contributed by atoms with E-state index in [4.69, 9.17) is 4.74 Å². The molecule has 1 aromatic carbocycles. The highest BCUT2D eigenvalue weighted by Gasteiger charge is 2.44. The van der Waals surface area contributed by atoms with Crippen molar-refractivity contribution in [1.29, 1.82) is 0 Å². The Labute approximate surface area is 142 Å². The zero-order valence-electron chi connectivity index (χ0n) is 14.7. The number of fused-ring (bicyclic) bond motifs is 1. The van der Waals surface area contributed by atoms with Crippen molar-refractivity contribution in [3.05, 3.63) is 35.4 Å². The highest BCUT2D eigenvalue weighted by Crippen LogP contribution is 2.29. The van der Waals surface area contributed by atoms with Crippen molar-refractivity contribution in [3.63, 3.8) is 0 Å². The minimum Gasteiger partial charge on any atom is -0.445 e. The van der Waals surface area contributed by atoms with Crippen molar-refractivity contribution in [2.45, 2.75) is 32.8 Å². The van der Waals surface area contributed by atoms with Gasteiger partial charge in [0.2, 0.25) is 5.91 Å². The van der Waals surface area contributed by atoms with Gasteiger partial charge in [-0.15, -0.1) is 0 Å². The van der Waals surface area contributed by atoms with Gasteiger partial charge in [-0.1, -0.05) is 18.2 Å². The van der Waals surface area contributed by atoms with Crippen LogP contribution in [0.3, 0.4) is 0 Å². The fourth-order valence-corrected chi connectivity index (χ4v) is 3.01. The fraction of sp³-hybridized carbons (Fsp3) is 0.500. The number of rotatable bonds is 5. The number of nitrogens with zero attached hydrogens (tertiary/aromatic N) is 2. The number of cyclic esters (lactones) is 1. The molecule has 0 saturated carbocycles. The number of esters is 1. The average Bonchev–Trinajstić information content (AvgIpc) is 2.55. The summed E-state index contributed by atoms with van der Waals surface area (Å²) in [6.07, 6.45) is 0.303. The van der Waals surface area contributed by atoms with Crippen LogP contribution in [0.2, 0.25) is 0 Å². The summed E-state index contributed by atoms with van der Waals surface area (Å²) in [6.45, 7) is 6.54. The summed E-state index contributed by atoms with van der Waals surface area (Å²) < 4.78 is 5.42. The Balaban J connectivity index is 2.14. The van der Waals surface area contributed by atoms with E-state index in [2.05, 4.69) is 0 Å². The summed E-state index contributed by atoms with van der Waals surface area (Å²) in [7, 11) is 1.56. The summed E-state index contributed by atoms with van der Waals surface area (Å²) in [5, 5.41) is 0. The predicted molar refractivity (Wildman–Crippen MR) is 89.5 cm³/mol. The monoisotopic (exact) mass is 332 g/mol. The van der Waals surface area contributed by atoms with E-state index in [9.17, 15) is 14.4 Å². The topological polar surface area (TPSA) is 66.9 Å². The third-order valence-corrected chi connectivity index (χ3v) is 4.37. The van der Waals surface area contributed by atoms with Crippen molar-refractivity contribution >= 4 is 17.8 Å². The van der Waals surface area contributed by atoms with E-state index in [1.165, 1.54) is 4.90 Å². The minimum absolute atomic E-state index is 0.0324. The van der Waals surface area contributed by atoms with E-state index in [1.54, 1.807) is 31.0 Å². The number of benzene rings is 1. The number of ether oxygens (including phenoxy) is 1. The number of likely N-dealkylation sites (N-methyl/N-ethyl adjacent to an activating group) is 2. The lowest BCUT2D eigenvalue weighted by Gasteiger charge is -2.36. The molecule has 1 aliphatic heterocycles. The number of carbonyl (C=O) groups excluding carboxylic acids is 3. The number of hydrogen-bond donors (Lipinski definition) is 0. The third kappa shape index (κ3) is 3.42. The fourth-order valence-electron chi connectivity index (χ4n) is 3.01. The second-order valence-corrected chi connectivity index (χ2v) is 6.18.